The van der Waals surface area contributed by atoms with Crippen LogP contribution in [-0.4, -0.2) is 78.1 Å². The molecule has 0 atom stereocenters. The lowest BCUT2D eigenvalue weighted by atomic mass is 10.0. The number of nitrogens with zero attached hydrogens (tertiary/aromatic N) is 7. The summed E-state index contributed by atoms with van der Waals surface area (Å²) in [4.78, 5) is 36.2. The largest absolute Gasteiger partial charge is 0.341 e. The summed E-state index contributed by atoms with van der Waals surface area (Å²) in [6.45, 7) is 7.29. The van der Waals surface area contributed by atoms with Gasteiger partial charge in [-0.3, -0.25) is 4.79 Å². The van der Waals surface area contributed by atoms with Gasteiger partial charge in [0.25, 0.3) is 0 Å². The van der Waals surface area contributed by atoms with Crippen LogP contribution in [0.3, 0.4) is 0 Å². The zero-order chi connectivity index (χ0) is 21.0. The molecule has 1 aliphatic carbocycles. The van der Waals surface area contributed by atoms with Crippen molar-refractivity contribution < 1.29 is 4.79 Å². The third-order valence-corrected chi connectivity index (χ3v) is 7.53. The molecule has 3 saturated heterocycles. The highest BCUT2D eigenvalue weighted by Gasteiger charge is 2.27. The zero-order valence-corrected chi connectivity index (χ0v) is 18.8. The van der Waals surface area contributed by atoms with Crippen LogP contribution in [0, 0.1) is 5.92 Å². The second kappa shape index (κ2) is 9.57. The summed E-state index contributed by atoms with van der Waals surface area (Å²) < 4.78 is 0. The van der Waals surface area contributed by atoms with Crippen molar-refractivity contribution in [3.63, 3.8) is 0 Å². The number of piperazine rings is 1. The highest BCUT2D eigenvalue weighted by molar-refractivity contribution is 5.76. The van der Waals surface area contributed by atoms with E-state index < -0.39 is 0 Å². The van der Waals surface area contributed by atoms with E-state index in [-0.39, 0.29) is 0 Å². The molecule has 0 bridgehead atoms. The van der Waals surface area contributed by atoms with Crippen LogP contribution in [0.15, 0.2) is 0 Å². The van der Waals surface area contributed by atoms with Gasteiger partial charge in [-0.15, -0.1) is 0 Å². The summed E-state index contributed by atoms with van der Waals surface area (Å²) >= 11 is 0. The van der Waals surface area contributed by atoms with Gasteiger partial charge in [0.15, 0.2) is 0 Å². The quantitative estimate of drug-likeness (QED) is 0.691. The van der Waals surface area contributed by atoms with Crippen LogP contribution >= 0.6 is 0 Å². The molecular weight excluding hydrogens is 390 g/mol. The van der Waals surface area contributed by atoms with Gasteiger partial charge >= 0.3 is 0 Å². The van der Waals surface area contributed by atoms with E-state index in [0.29, 0.717) is 12.3 Å². The fourth-order valence-electron chi connectivity index (χ4n) is 5.54. The molecule has 1 saturated carbocycles. The lowest BCUT2D eigenvalue weighted by Gasteiger charge is -2.35. The van der Waals surface area contributed by atoms with Crippen molar-refractivity contribution in [1.82, 2.24) is 19.9 Å². The second-order valence-electron chi connectivity index (χ2n) is 9.68. The lowest BCUT2D eigenvalue weighted by molar-refractivity contribution is -0.131. The average Bonchev–Trinajstić information content (AvgIpc) is 3.60. The first-order valence-corrected chi connectivity index (χ1v) is 12.5. The molecule has 4 aliphatic rings. The summed E-state index contributed by atoms with van der Waals surface area (Å²) in [6.07, 6.45) is 12.0. The monoisotopic (exact) mass is 427 g/mol. The van der Waals surface area contributed by atoms with Gasteiger partial charge in [-0.25, -0.2) is 0 Å². The number of amides is 1. The van der Waals surface area contributed by atoms with Crippen molar-refractivity contribution in [2.45, 2.75) is 64.2 Å². The highest BCUT2D eigenvalue weighted by Crippen LogP contribution is 2.29. The Morgan fingerprint density at radius 3 is 1.58 bits per heavy atom. The minimum atomic E-state index is 0.331. The molecule has 1 aromatic heterocycles. The Hall–Kier alpha value is -2.12. The lowest BCUT2D eigenvalue weighted by Crippen LogP contribution is -2.49. The van der Waals surface area contributed by atoms with E-state index in [9.17, 15) is 4.79 Å². The number of rotatable bonds is 6. The van der Waals surface area contributed by atoms with Crippen molar-refractivity contribution in [1.29, 1.82) is 0 Å². The van der Waals surface area contributed by atoms with E-state index in [4.69, 9.17) is 15.0 Å². The summed E-state index contributed by atoms with van der Waals surface area (Å²) in [5, 5.41) is 0. The Labute approximate surface area is 186 Å². The second-order valence-corrected chi connectivity index (χ2v) is 9.68. The maximum absolute atomic E-state index is 12.7. The highest BCUT2D eigenvalue weighted by atomic mass is 16.2. The Balaban J connectivity index is 1.23. The minimum Gasteiger partial charge on any atom is -0.341 e. The molecule has 5 rings (SSSR count). The first-order chi connectivity index (χ1) is 15.3. The van der Waals surface area contributed by atoms with Crippen molar-refractivity contribution >= 4 is 23.8 Å². The molecular formula is C23H37N7O. The fraction of sp³-hybridized carbons (Fsp3) is 0.826. The Kier molecular flexibility index (Phi) is 6.41. The third-order valence-electron chi connectivity index (χ3n) is 7.53. The van der Waals surface area contributed by atoms with Crippen LogP contribution in [-0.2, 0) is 4.79 Å². The molecule has 0 unspecified atom stereocenters. The predicted molar refractivity (Wildman–Crippen MR) is 123 cm³/mol. The van der Waals surface area contributed by atoms with Crippen molar-refractivity contribution in [3.8, 4) is 0 Å². The standard InChI is InChI=1S/C23H37N7O/c31-20(10-9-19-7-1-2-8-19)27-15-17-30(18-16-27)23-25-21(28-11-3-4-12-28)24-22(26-23)29-13-5-6-14-29/h19H,1-18H2. The summed E-state index contributed by atoms with van der Waals surface area (Å²) in [5.41, 5.74) is 0. The molecule has 1 amide bonds. The fourth-order valence-corrected chi connectivity index (χ4v) is 5.54. The summed E-state index contributed by atoms with van der Waals surface area (Å²) in [5.74, 6) is 3.57. The average molecular weight is 428 g/mol. The maximum atomic E-state index is 12.7. The Morgan fingerprint density at radius 2 is 1.10 bits per heavy atom. The smallest absolute Gasteiger partial charge is 0.232 e. The molecule has 1 aromatic rings. The molecule has 3 aliphatic heterocycles. The molecule has 8 heteroatoms. The van der Waals surface area contributed by atoms with E-state index in [2.05, 4.69) is 19.6 Å². The van der Waals surface area contributed by atoms with Crippen molar-refractivity contribution in [2.75, 3.05) is 67.1 Å². The van der Waals surface area contributed by atoms with Crippen LogP contribution in [0.4, 0.5) is 17.8 Å². The summed E-state index contributed by atoms with van der Waals surface area (Å²) in [6, 6.07) is 0. The van der Waals surface area contributed by atoms with E-state index in [1.807, 2.05) is 0 Å². The van der Waals surface area contributed by atoms with Gasteiger partial charge in [0.1, 0.15) is 0 Å². The molecule has 0 radical (unpaired) electrons. The van der Waals surface area contributed by atoms with Crippen LogP contribution < -0.4 is 14.7 Å². The van der Waals surface area contributed by atoms with Crippen molar-refractivity contribution in [2.24, 2.45) is 5.92 Å². The molecule has 4 heterocycles. The molecule has 170 valence electrons. The number of hydrogen-bond acceptors (Lipinski definition) is 7. The van der Waals surface area contributed by atoms with Gasteiger partial charge in [0.05, 0.1) is 0 Å². The Morgan fingerprint density at radius 1 is 0.645 bits per heavy atom. The molecule has 0 aromatic carbocycles. The van der Waals surface area contributed by atoms with Crippen LogP contribution in [0.25, 0.3) is 0 Å². The van der Waals surface area contributed by atoms with E-state index >= 15 is 0 Å². The van der Waals surface area contributed by atoms with Crippen molar-refractivity contribution in [3.05, 3.63) is 0 Å². The number of hydrogen-bond donors (Lipinski definition) is 0. The Bertz CT molecular complexity index is 712. The van der Waals surface area contributed by atoms with Gasteiger partial charge in [-0.2, -0.15) is 15.0 Å². The van der Waals surface area contributed by atoms with E-state index in [0.717, 1.165) is 82.5 Å². The number of carbonyl (C=O) groups excluding carboxylic acids is 1. The SMILES string of the molecule is O=C(CCC1CCCC1)N1CCN(c2nc(N3CCCC3)nc(N3CCCC3)n2)CC1. The molecule has 8 nitrogen and oxygen atoms in total. The molecule has 4 fully saturated rings. The summed E-state index contributed by atoms with van der Waals surface area (Å²) in [7, 11) is 0. The molecule has 0 N–H and O–H groups in total. The van der Waals surface area contributed by atoms with Gasteiger partial charge in [0, 0.05) is 58.8 Å². The van der Waals surface area contributed by atoms with Crippen LogP contribution in [0.5, 0.6) is 0 Å². The number of aromatic nitrogens is 3. The topological polar surface area (TPSA) is 68.7 Å². The van der Waals surface area contributed by atoms with Gasteiger partial charge in [0.2, 0.25) is 23.8 Å². The minimum absolute atomic E-state index is 0.331. The van der Waals surface area contributed by atoms with Crippen LogP contribution in [0.1, 0.15) is 64.2 Å². The van der Waals surface area contributed by atoms with Crippen LogP contribution in [0.2, 0.25) is 0 Å². The number of anilines is 3. The predicted octanol–water partition coefficient (Wildman–Crippen LogP) is 2.69. The van der Waals surface area contributed by atoms with Gasteiger partial charge in [-0.1, -0.05) is 25.7 Å². The number of carbonyl (C=O) groups is 1. The van der Waals surface area contributed by atoms with E-state index in [1.165, 1.54) is 51.4 Å². The van der Waals surface area contributed by atoms with E-state index in [1.54, 1.807) is 0 Å². The first kappa shape index (κ1) is 20.8. The third kappa shape index (κ3) is 4.88. The normalized spacial score (nSPS) is 22.7. The zero-order valence-electron chi connectivity index (χ0n) is 18.8. The van der Waals surface area contributed by atoms with Gasteiger partial charge < -0.3 is 19.6 Å². The first-order valence-electron chi connectivity index (χ1n) is 12.5. The van der Waals surface area contributed by atoms with Gasteiger partial charge in [-0.05, 0) is 38.0 Å². The molecule has 31 heavy (non-hydrogen) atoms. The maximum Gasteiger partial charge on any atom is 0.232 e. The molecule has 0 spiro atoms.